The molecule has 0 N–H and O–H groups in total. The molecule has 6 aromatic carbocycles. The van der Waals surface area contributed by atoms with Crippen molar-refractivity contribution in [1.29, 1.82) is 0 Å². The molecule has 0 unspecified atom stereocenters. The second-order valence-electron chi connectivity index (χ2n) is 12.4. The van der Waals surface area contributed by atoms with Crippen LogP contribution in [0.5, 0.6) is 23.0 Å². The van der Waals surface area contributed by atoms with E-state index in [1.165, 1.54) is 0 Å². The van der Waals surface area contributed by atoms with E-state index in [-0.39, 0.29) is 40.8 Å². The van der Waals surface area contributed by atoms with Crippen LogP contribution in [-0.4, -0.2) is 24.5 Å². The molecule has 55 heavy (non-hydrogen) atoms. The smallest absolute Gasteiger partial charge is 0.503 e. The third-order valence-corrected chi connectivity index (χ3v) is 9.08. The molecule has 10 rings (SSSR count). The first kappa shape index (κ1) is 35.9. The Bertz CT molecular complexity index is 2810. The number of fused-ring (bicyclic) bond motifs is 5. The van der Waals surface area contributed by atoms with E-state index >= 15 is 0 Å². The molecular formula is C46H25N5O2Pd2. The molecule has 0 aliphatic carbocycles. The number of rotatable bonds is 7. The first-order chi connectivity index (χ1) is 26.2. The Morgan fingerprint density at radius 2 is 0.873 bits per heavy atom. The van der Waals surface area contributed by atoms with E-state index < -0.39 is 0 Å². The average molecular weight is 893 g/mol. The van der Waals surface area contributed by atoms with Crippen molar-refractivity contribution in [3.05, 3.63) is 176 Å². The molecular weight excluding hydrogens is 867 g/mol. The van der Waals surface area contributed by atoms with E-state index in [1.54, 1.807) is 18.5 Å². The van der Waals surface area contributed by atoms with Gasteiger partial charge in [-0.1, -0.05) is 83.8 Å². The monoisotopic (exact) mass is 891 g/mol. The zero-order chi connectivity index (χ0) is 35.1. The van der Waals surface area contributed by atoms with Gasteiger partial charge in [-0.25, -0.2) is 9.97 Å². The van der Waals surface area contributed by atoms with E-state index in [9.17, 15) is 0 Å². The maximum absolute atomic E-state index is 6.36. The van der Waals surface area contributed by atoms with Gasteiger partial charge < -0.3 is 24.0 Å². The van der Waals surface area contributed by atoms with E-state index in [1.807, 2.05) is 102 Å². The van der Waals surface area contributed by atoms with Crippen molar-refractivity contribution < 1.29 is 50.3 Å². The minimum atomic E-state index is 0. The number of benzene rings is 6. The van der Waals surface area contributed by atoms with Gasteiger partial charge in [0, 0.05) is 47.8 Å². The van der Waals surface area contributed by atoms with Crippen molar-refractivity contribution in [2.24, 2.45) is 0 Å². The zero-order valence-electron chi connectivity index (χ0n) is 28.6. The predicted octanol–water partition coefficient (Wildman–Crippen LogP) is 10.8. The van der Waals surface area contributed by atoms with Crippen LogP contribution in [0.15, 0.2) is 152 Å². The molecule has 0 bridgehead atoms. The van der Waals surface area contributed by atoms with Crippen LogP contribution in [0.4, 0.5) is 0 Å². The van der Waals surface area contributed by atoms with Crippen LogP contribution in [0.3, 0.4) is 0 Å². The fourth-order valence-electron chi connectivity index (χ4n) is 6.56. The molecule has 266 valence electrons. The summed E-state index contributed by atoms with van der Waals surface area (Å²) >= 11 is 0. The SMILES string of the molecule is [Pd+2].[Pd+2].[c-]1c(Oc2[c-]c3c(cc2)c2ccc(Oc4[c-]c(-c5cc6ccccc6cn5)ccc4)[c-]c2n3-c2ncccn2)cccc1-c1cc2ccccc2cn1. The number of hydrogen-bond donors (Lipinski definition) is 0. The molecule has 0 saturated carbocycles. The van der Waals surface area contributed by atoms with Crippen LogP contribution in [0.25, 0.3) is 71.8 Å². The molecule has 7 nitrogen and oxygen atoms in total. The van der Waals surface area contributed by atoms with Gasteiger partial charge in [-0.05, 0) is 39.0 Å². The maximum Gasteiger partial charge on any atom is 2.00 e. The van der Waals surface area contributed by atoms with E-state index in [0.717, 1.165) is 65.9 Å². The molecule has 9 heteroatoms. The number of nitrogens with zero attached hydrogens (tertiary/aromatic N) is 5. The Hall–Kier alpha value is -6.06. The summed E-state index contributed by atoms with van der Waals surface area (Å²) in [6.45, 7) is 0. The standard InChI is InChI=1S/C46H25N5O2.2Pd/c1-3-10-34-28-49-42(24-30(34)8-1)32-12-5-14-36(22-32)52-38-16-18-40-41-19-17-39(27-45(41)51(44(40)26-38)46-47-20-7-21-48-46)53-37-15-6-13-33(23-37)43-25-31-9-2-4-11-35(31)29-50-43;;/h1-21,24-25,28-29H;;/q-4;2*+2. The fourth-order valence-corrected chi connectivity index (χ4v) is 6.56. The Kier molecular flexibility index (Phi) is 10.0. The second kappa shape index (κ2) is 15.4. The summed E-state index contributed by atoms with van der Waals surface area (Å²) < 4.78 is 14.6. The van der Waals surface area contributed by atoms with Crippen LogP contribution in [0.2, 0.25) is 0 Å². The second-order valence-corrected chi connectivity index (χ2v) is 12.4. The van der Waals surface area contributed by atoms with Gasteiger partial charge in [0.15, 0.2) is 0 Å². The Morgan fingerprint density at radius 3 is 1.36 bits per heavy atom. The first-order valence-corrected chi connectivity index (χ1v) is 17.0. The van der Waals surface area contributed by atoms with Gasteiger partial charge in [-0.15, -0.1) is 71.8 Å². The van der Waals surface area contributed by atoms with Crippen molar-refractivity contribution >= 4 is 43.4 Å². The zero-order valence-corrected chi connectivity index (χ0v) is 31.7. The van der Waals surface area contributed by atoms with E-state index in [4.69, 9.17) is 9.47 Å². The summed E-state index contributed by atoms with van der Waals surface area (Å²) in [7, 11) is 0. The van der Waals surface area contributed by atoms with Crippen molar-refractivity contribution in [2.45, 2.75) is 0 Å². The molecule has 0 saturated heterocycles. The minimum absolute atomic E-state index is 0. The van der Waals surface area contributed by atoms with Gasteiger partial charge >= 0.3 is 40.8 Å². The maximum atomic E-state index is 6.36. The van der Waals surface area contributed by atoms with Crippen molar-refractivity contribution in [3.8, 4) is 51.5 Å². The number of hydrogen-bond acceptors (Lipinski definition) is 6. The molecule has 0 spiro atoms. The number of pyridine rings is 2. The van der Waals surface area contributed by atoms with Crippen LogP contribution in [0, 0.1) is 24.3 Å². The fraction of sp³-hybridized carbons (Fsp3) is 0. The molecule has 0 atom stereocenters. The van der Waals surface area contributed by atoms with Gasteiger partial charge in [0.05, 0.1) is 0 Å². The quantitative estimate of drug-likeness (QED) is 0.117. The molecule has 0 radical (unpaired) electrons. The number of aromatic nitrogens is 5. The van der Waals surface area contributed by atoms with Gasteiger partial charge in [0.2, 0.25) is 5.95 Å². The van der Waals surface area contributed by atoms with Crippen LogP contribution in [0.1, 0.15) is 0 Å². The summed E-state index contributed by atoms with van der Waals surface area (Å²) in [6, 6.07) is 55.4. The summed E-state index contributed by atoms with van der Waals surface area (Å²) in [5.41, 5.74) is 4.77. The largest absolute Gasteiger partial charge is 2.00 e. The van der Waals surface area contributed by atoms with Gasteiger partial charge in [-0.3, -0.25) is 0 Å². The van der Waals surface area contributed by atoms with Gasteiger partial charge in [0.25, 0.3) is 0 Å². The molecule has 0 amide bonds. The summed E-state index contributed by atoms with van der Waals surface area (Å²) in [5, 5.41) is 6.28. The third-order valence-electron chi connectivity index (χ3n) is 9.08. The van der Waals surface area contributed by atoms with Crippen LogP contribution in [-0.2, 0) is 40.8 Å². The summed E-state index contributed by atoms with van der Waals surface area (Å²) in [4.78, 5) is 18.5. The normalized spacial score (nSPS) is 11.0. The van der Waals surface area contributed by atoms with Gasteiger partial charge in [0.1, 0.15) is 0 Å². The molecule has 0 fully saturated rings. The van der Waals surface area contributed by atoms with Crippen molar-refractivity contribution in [2.75, 3.05) is 0 Å². The predicted molar refractivity (Wildman–Crippen MR) is 206 cm³/mol. The third kappa shape index (κ3) is 7.03. The van der Waals surface area contributed by atoms with E-state index in [2.05, 4.69) is 80.6 Å². The van der Waals surface area contributed by atoms with Crippen molar-refractivity contribution in [1.82, 2.24) is 24.5 Å². The molecule has 0 aliphatic heterocycles. The number of ether oxygens (including phenoxy) is 2. The van der Waals surface area contributed by atoms with Crippen LogP contribution >= 0.6 is 0 Å². The molecule has 4 aromatic heterocycles. The Labute approximate surface area is 344 Å². The van der Waals surface area contributed by atoms with E-state index in [0.29, 0.717) is 28.9 Å². The van der Waals surface area contributed by atoms with Gasteiger partial charge in [-0.2, -0.15) is 22.9 Å². The molecule has 10 aromatic rings. The first-order valence-electron chi connectivity index (χ1n) is 17.0. The Balaban J connectivity index is 0.00000214. The molecule has 4 heterocycles. The minimum Gasteiger partial charge on any atom is -0.503 e. The average Bonchev–Trinajstić information content (AvgIpc) is 3.53. The molecule has 0 aliphatic rings. The Morgan fingerprint density at radius 1 is 0.418 bits per heavy atom. The topological polar surface area (TPSA) is 75.0 Å². The van der Waals surface area contributed by atoms with Crippen molar-refractivity contribution in [3.63, 3.8) is 0 Å². The summed E-state index contributed by atoms with van der Waals surface area (Å²) in [6.07, 6.45) is 7.18. The van der Waals surface area contributed by atoms with Crippen LogP contribution < -0.4 is 9.47 Å². The summed E-state index contributed by atoms with van der Waals surface area (Å²) in [5.74, 6) is 2.60.